The van der Waals surface area contributed by atoms with Gasteiger partial charge in [-0.1, -0.05) is 37.0 Å². The van der Waals surface area contributed by atoms with Crippen molar-refractivity contribution in [2.45, 2.75) is 20.4 Å². The minimum absolute atomic E-state index is 0.228. The molecule has 4 nitrogen and oxygen atoms in total. The lowest BCUT2D eigenvalue weighted by molar-refractivity contribution is 0.288. The van der Waals surface area contributed by atoms with Crippen molar-refractivity contribution < 1.29 is 0 Å². The molecule has 1 heterocycles. The summed E-state index contributed by atoms with van der Waals surface area (Å²) in [5.74, 6) is 0.625. The van der Waals surface area contributed by atoms with E-state index >= 15 is 0 Å². The summed E-state index contributed by atoms with van der Waals surface area (Å²) >= 11 is 12.0. The molecule has 0 fully saturated rings. The lowest BCUT2D eigenvalue weighted by Crippen LogP contribution is -2.25. The molecule has 19 heavy (non-hydrogen) atoms. The fraction of sp³-hybridized carbons (Fsp3) is 0.385. The normalized spacial score (nSPS) is 11.4. The Morgan fingerprint density at radius 1 is 1.26 bits per heavy atom. The number of rotatable bonds is 4. The van der Waals surface area contributed by atoms with E-state index in [0.717, 1.165) is 13.1 Å². The van der Waals surface area contributed by atoms with Crippen molar-refractivity contribution >= 4 is 34.1 Å². The summed E-state index contributed by atoms with van der Waals surface area (Å²) < 4.78 is 0. The minimum Gasteiger partial charge on any atom is -0.309 e. The standard InChI is InChI=1S/C13H15Cl2N3O/c1-3-18(4-2)7-11-16-10-6-8(14)5-9(15)12(10)13(19)17-11/h5-6H,3-4,7H2,1-2H3,(H,16,17,19). The summed E-state index contributed by atoms with van der Waals surface area (Å²) in [6, 6.07) is 3.20. The van der Waals surface area contributed by atoms with Crippen molar-refractivity contribution in [1.82, 2.24) is 14.9 Å². The van der Waals surface area contributed by atoms with Crippen LogP contribution < -0.4 is 5.56 Å². The van der Waals surface area contributed by atoms with Crippen LogP contribution >= 0.6 is 23.2 Å². The van der Waals surface area contributed by atoms with E-state index in [2.05, 4.69) is 28.7 Å². The molecule has 0 saturated heterocycles. The minimum atomic E-state index is -0.228. The molecule has 0 aliphatic carbocycles. The number of hydrogen-bond acceptors (Lipinski definition) is 3. The molecule has 0 amide bonds. The van der Waals surface area contributed by atoms with Gasteiger partial charge in [0.25, 0.3) is 5.56 Å². The van der Waals surface area contributed by atoms with E-state index in [-0.39, 0.29) is 5.56 Å². The zero-order valence-electron chi connectivity index (χ0n) is 10.8. The number of halogens is 2. The van der Waals surface area contributed by atoms with Crippen molar-refractivity contribution in [3.63, 3.8) is 0 Å². The number of aromatic nitrogens is 2. The Kier molecular flexibility index (Phi) is 4.45. The summed E-state index contributed by atoms with van der Waals surface area (Å²) in [6.45, 7) is 6.53. The Labute approximate surface area is 121 Å². The van der Waals surface area contributed by atoms with Crippen molar-refractivity contribution in [1.29, 1.82) is 0 Å². The SMILES string of the molecule is CCN(CC)Cc1nc2cc(Cl)cc(Cl)c2c(=O)[nH]1. The van der Waals surface area contributed by atoms with Crippen LogP contribution in [0.25, 0.3) is 10.9 Å². The van der Waals surface area contributed by atoms with Gasteiger partial charge in [0, 0.05) is 5.02 Å². The van der Waals surface area contributed by atoms with Gasteiger partial charge in [-0.3, -0.25) is 9.69 Å². The highest BCUT2D eigenvalue weighted by Crippen LogP contribution is 2.24. The number of nitrogens with zero attached hydrogens (tertiary/aromatic N) is 2. The molecule has 2 rings (SSSR count). The van der Waals surface area contributed by atoms with Gasteiger partial charge >= 0.3 is 0 Å². The van der Waals surface area contributed by atoms with Crippen LogP contribution in [-0.2, 0) is 6.54 Å². The second-order valence-electron chi connectivity index (χ2n) is 4.26. The third kappa shape index (κ3) is 3.08. The van der Waals surface area contributed by atoms with Gasteiger partial charge in [0.2, 0.25) is 0 Å². The summed E-state index contributed by atoms with van der Waals surface area (Å²) in [4.78, 5) is 21.4. The first-order valence-corrected chi connectivity index (χ1v) is 6.91. The van der Waals surface area contributed by atoms with E-state index in [1.165, 1.54) is 0 Å². The van der Waals surface area contributed by atoms with Gasteiger partial charge in [-0.2, -0.15) is 0 Å². The zero-order chi connectivity index (χ0) is 14.0. The smallest absolute Gasteiger partial charge is 0.260 e. The predicted octanol–water partition coefficient (Wildman–Crippen LogP) is 3.07. The lowest BCUT2D eigenvalue weighted by Gasteiger charge is -2.17. The van der Waals surface area contributed by atoms with Crippen molar-refractivity contribution in [3.8, 4) is 0 Å². The van der Waals surface area contributed by atoms with Gasteiger partial charge < -0.3 is 4.98 Å². The van der Waals surface area contributed by atoms with Crippen LogP contribution in [0.4, 0.5) is 0 Å². The first-order chi connectivity index (χ1) is 9.05. The van der Waals surface area contributed by atoms with Gasteiger partial charge in [0.15, 0.2) is 0 Å². The maximum Gasteiger partial charge on any atom is 0.260 e. The molecule has 1 aromatic carbocycles. The van der Waals surface area contributed by atoms with Crippen LogP contribution in [0.3, 0.4) is 0 Å². The Balaban J connectivity index is 2.52. The summed E-state index contributed by atoms with van der Waals surface area (Å²) in [6.07, 6.45) is 0. The van der Waals surface area contributed by atoms with Gasteiger partial charge in [0.1, 0.15) is 5.82 Å². The van der Waals surface area contributed by atoms with Crippen LogP contribution in [0.2, 0.25) is 10.0 Å². The van der Waals surface area contributed by atoms with Crippen LogP contribution in [0.15, 0.2) is 16.9 Å². The van der Waals surface area contributed by atoms with E-state index in [1.54, 1.807) is 12.1 Å². The van der Waals surface area contributed by atoms with E-state index in [9.17, 15) is 4.79 Å². The molecular formula is C13H15Cl2N3O. The molecule has 0 aliphatic heterocycles. The zero-order valence-corrected chi connectivity index (χ0v) is 12.3. The number of nitrogens with one attached hydrogen (secondary N) is 1. The molecular weight excluding hydrogens is 285 g/mol. The molecule has 0 bridgehead atoms. The number of fused-ring (bicyclic) bond motifs is 1. The molecule has 0 saturated carbocycles. The van der Waals surface area contributed by atoms with Crippen LogP contribution in [0, 0.1) is 0 Å². The lowest BCUT2D eigenvalue weighted by atomic mass is 10.2. The maximum atomic E-state index is 12.0. The molecule has 1 aromatic heterocycles. The number of benzene rings is 1. The molecule has 0 radical (unpaired) electrons. The Morgan fingerprint density at radius 3 is 2.58 bits per heavy atom. The van der Waals surface area contributed by atoms with Crippen LogP contribution in [0.1, 0.15) is 19.7 Å². The second kappa shape index (κ2) is 5.90. The van der Waals surface area contributed by atoms with Crippen molar-refractivity contribution in [3.05, 3.63) is 38.4 Å². The first-order valence-electron chi connectivity index (χ1n) is 6.15. The molecule has 2 aromatic rings. The third-order valence-corrected chi connectivity index (χ3v) is 3.56. The number of aromatic amines is 1. The maximum absolute atomic E-state index is 12.0. The van der Waals surface area contributed by atoms with Crippen LogP contribution in [-0.4, -0.2) is 28.0 Å². The topological polar surface area (TPSA) is 49.0 Å². The Morgan fingerprint density at radius 2 is 1.95 bits per heavy atom. The Hall–Kier alpha value is -1.10. The average Bonchev–Trinajstić information content (AvgIpc) is 2.34. The van der Waals surface area contributed by atoms with Crippen molar-refractivity contribution in [2.24, 2.45) is 0 Å². The Bertz CT molecular complexity index is 650. The summed E-state index contributed by atoms with van der Waals surface area (Å²) in [7, 11) is 0. The van der Waals surface area contributed by atoms with E-state index < -0.39 is 0 Å². The fourth-order valence-electron chi connectivity index (χ4n) is 1.97. The molecule has 102 valence electrons. The van der Waals surface area contributed by atoms with E-state index in [1.807, 2.05) is 0 Å². The van der Waals surface area contributed by atoms with Gasteiger partial charge in [-0.25, -0.2) is 4.98 Å². The monoisotopic (exact) mass is 299 g/mol. The molecule has 1 N–H and O–H groups in total. The molecule has 0 atom stereocenters. The predicted molar refractivity (Wildman–Crippen MR) is 79.0 cm³/mol. The van der Waals surface area contributed by atoms with E-state index in [0.29, 0.717) is 33.3 Å². The van der Waals surface area contributed by atoms with Crippen LogP contribution in [0.5, 0.6) is 0 Å². The molecule has 0 unspecified atom stereocenters. The molecule has 0 aliphatic rings. The second-order valence-corrected chi connectivity index (χ2v) is 5.10. The first kappa shape index (κ1) is 14.3. The highest BCUT2D eigenvalue weighted by atomic mass is 35.5. The van der Waals surface area contributed by atoms with E-state index in [4.69, 9.17) is 23.2 Å². The fourth-order valence-corrected chi connectivity index (χ4v) is 2.54. The highest BCUT2D eigenvalue weighted by molar-refractivity contribution is 6.38. The summed E-state index contributed by atoms with van der Waals surface area (Å²) in [5, 5.41) is 1.18. The third-order valence-electron chi connectivity index (χ3n) is 3.04. The molecule has 0 spiro atoms. The summed E-state index contributed by atoms with van der Waals surface area (Å²) in [5.41, 5.74) is 0.303. The van der Waals surface area contributed by atoms with Gasteiger partial charge in [0.05, 0.1) is 22.5 Å². The highest BCUT2D eigenvalue weighted by Gasteiger charge is 2.10. The quantitative estimate of drug-likeness (QED) is 0.944. The average molecular weight is 300 g/mol. The number of H-pyrrole nitrogens is 1. The van der Waals surface area contributed by atoms with Gasteiger partial charge in [-0.05, 0) is 25.2 Å². The van der Waals surface area contributed by atoms with Crippen molar-refractivity contribution in [2.75, 3.05) is 13.1 Å². The number of hydrogen-bond donors (Lipinski definition) is 1. The largest absolute Gasteiger partial charge is 0.309 e. The van der Waals surface area contributed by atoms with Gasteiger partial charge in [-0.15, -0.1) is 0 Å². The molecule has 6 heteroatoms.